The quantitative estimate of drug-likeness (QED) is 0.575. The lowest BCUT2D eigenvalue weighted by Gasteiger charge is -2.22. The van der Waals surface area contributed by atoms with E-state index >= 15 is 0 Å². The maximum absolute atomic E-state index is 13.2. The SMILES string of the molecule is COc1ccc(S(=O)(=O)N2CCC[C@@H]2c2nnc(C(=O)Nc3cccc(Cl)c3)s2)cc1. The fraction of sp³-hybridized carbons (Fsp3) is 0.250. The van der Waals surface area contributed by atoms with E-state index in [2.05, 4.69) is 15.5 Å². The van der Waals surface area contributed by atoms with Gasteiger partial charge in [0.05, 0.1) is 18.0 Å². The number of rotatable bonds is 6. The van der Waals surface area contributed by atoms with E-state index in [4.69, 9.17) is 16.3 Å². The largest absolute Gasteiger partial charge is 0.497 e. The maximum Gasteiger partial charge on any atom is 0.286 e. The Morgan fingerprint density at radius 2 is 2.00 bits per heavy atom. The summed E-state index contributed by atoms with van der Waals surface area (Å²) in [5.41, 5.74) is 0.541. The van der Waals surface area contributed by atoms with Gasteiger partial charge in [0.2, 0.25) is 15.0 Å². The van der Waals surface area contributed by atoms with Crippen LogP contribution in [-0.2, 0) is 10.0 Å². The van der Waals surface area contributed by atoms with Crippen LogP contribution in [0.3, 0.4) is 0 Å². The van der Waals surface area contributed by atoms with Crippen LogP contribution in [0.2, 0.25) is 5.02 Å². The summed E-state index contributed by atoms with van der Waals surface area (Å²) in [6, 6.07) is 12.6. The number of nitrogens with one attached hydrogen (secondary N) is 1. The Labute approximate surface area is 188 Å². The van der Waals surface area contributed by atoms with E-state index in [0.29, 0.717) is 40.9 Å². The number of benzene rings is 2. The summed E-state index contributed by atoms with van der Waals surface area (Å²) in [6.07, 6.45) is 1.31. The van der Waals surface area contributed by atoms with E-state index in [0.717, 1.165) is 11.3 Å². The standard InChI is InChI=1S/C20H19ClN4O4S2/c1-29-15-7-9-16(10-8-15)31(27,28)25-11-3-6-17(25)19-23-24-20(30-19)18(26)22-14-5-2-4-13(21)12-14/h2,4-5,7-10,12,17H,3,6,11H2,1H3,(H,22,26)/t17-/m1/s1. The van der Waals surface area contributed by atoms with Gasteiger partial charge in [0.15, 0.2) is 0 Å². The highest BCUT2D eigenvalue weighted by Gasteiger charge is 2.38. The zero-order valence-corrected chi connectivity index (χ0v) is 18.9. The monoisotopic (exact) mass is 478 g/mol. The third-order valence-corrected chi connectivity index (χ3v) is 8.05. The van der Waals surface area contributed by atoms with Crippen molar-refractivity contribution in [3.63, 3.8) is 0 Å². The molecule has 162 valence electrons. The molecule has 0 bridgehead atoms. The van der Waals surface area contributed by atoms with E-state index in [1.165, 1.54) is 23.5 Å². The minimum absolute atomic E-state index is 0.156. The summed E-state index contributed by atoms with van der Waals surface area (Å²) >= 11 is 7.03. The molecule has 0 spiro atoms. The number of aromatic nitrogens is 2. The Morgan fingerprint density at radius 1 is 1.23 bits per heavy atom. The van der Waals surface area contributed by atoms with Gasteiger partial charge >= 0.3 is 0 Å². The second kappa shape index (κ2) is 8.91. The van der Waals surface area contributed by atoms with Crippen LogP contribution in [0.1, 0.15) is 33.7 Å². The number of sulfonamides is 1. The van der Waals surface area contributed by atoms with Gasteiger partial charge in [-0.25, -0.2) is 8.42 Å². The predicted molar refractivity (Wildman–Crippen MR) is 118 cm³/mol. The van der Waals surface area contributed by atoms with Crippen molar-refractivity contribution >= 4 is 44.6 Å². The summed E-state index contributed by atoms with van der Waals surface area (Å²) in [5.74, 6) is 0.157. The number of carbonyl (C=O) groups excluding carboxylic acids is 1. The first kappa shape index (κ1) is 21.7. The van der Waals surface area contributed by atoms with Crippen molar-refractivity contribution in [3.8, 4) is 5.75 Å². The van der Waals surface area contributed by atoms with Gasteiger partial charge in [0, 0.05) is 17.3 Å². The van der Waals surface area contributed by atoms with Crippen molar-refractivity contribution in [3.05, 3.63) is 63.6 Å². The Balaban J connectivity index is 1.54. The number of hydrogen-bond donors (Lipinski definition) is 1. The highest BCUT2D eigenvalue weighted by atomic mass is 35.5. The number of carbonyl (C=O) groups is 1. The molecule has 1 aliphatic heterocycles. The van der Waals surface area contributed by atoms with Crippen molar-refractivity contribution in [2.24, 2.45) is 0 Å². The molecular formula is C20H19ClN4O4S2. The Kier molecular flexibility index (Phi) is 6.24. The lowest BCUT2D eigenvalue weighted by molar-refractivity contribution is 0.102. The molecule has 4 rings (SSSR count). The molecule has 1 saturated heterocycles. The van der Waals surface area contributed by atoms with Gasteiger partial charge in [0.25, 0.3) is 5.91 Å². The average Bonchev–Trinajstić information content (AvgIpc) is 3.43. The summed E-state index contributed by atoms with van der Waals surface area (Å²) in [7, 11) is -2.20. The first-order valence-corrected chi connectivity index (χ1v) is 12.1. The number of methoxy groups -OCH3 is 1. The van der Waals surface area contributed by atoms with Gasteiger partial charge in [-0.15, -0.1) is 10.2 Å². The van der Waals surface area contributed by atoms with Crippen molar-refractivity contribution in [2.75, 3.05) is 19.0 Å². The predicted octanol–water partition coefficient (Wildman–Crippen LogP) is 3.98. The second-order valence-corrected chi connectivity index (χ2v) is 10.2. The molecule has 0 saturated carbocycles. The van der Waals surface area contributed by atoms with Crippen LogP contribution in [0.25, 0.3) is 0 Å². The lowest BCUT2D eigenvalue weighted by Crippen LogP contribution is -2.30. The highest BCUT2D eigenvalue weighted by Crippen LogP contribution is 2.38. The lowest BCUT2D eigenvalue weighted by atomic mass is 10.2. The molecule has 1 fully saturated rings. The van der Waals surface area contributed by atoms with Crippen LogP contribution in [-0.4, -0.2) is 42.5 Å². The third kappa shape index (κ3) is 4.57. The molecule has 1 atom stereocenters. The zero-order chi connectivity index (χ0) is 22.0. The first-order valence-electron chi connectivity index (χ1n) is 9.45. The number of anilines is 1. The number of nitrogens with zero attached hydrogens (tertiary/aromatic N) is 3. The first-order chi connectivity index (χ1) is 14.9. The van der Waals surface area contributed by atoms with Crippen LogP contribution >= 0.6 is 22.9 Å². The van der Waals surface area contributed by atoms with Crippen LogP contribution in [0, 0.1) is 0 Å². The normalized spacial score (nSPS) is 16.9. The number of ether oxygens (including phenoxy) is 1. The molecular weight excluding hydrogens is 460 g/mol. The van der Waals surface area contributed by atoms with Gasteiger partial charge in [-0.1, -0.05) is 29.0 Å². The molecule has 0 unspecified atom stereocenters. The molecule has 1 N–H and O–H groups in total. The van der Waals surface area contributed by atoms with E-state index in [1.807, 2.05) is 0 Å². The topological polar surface area (TPSA) is 101 Å². The summed E-state index contributed by atoms with van der Waals surface area (Å²) in [6.45, 7) is 0.378. The maximum atomic E-state index is 13.2. The minimum atomic E-state index is -3.72. The van der Waals surface area contributed by atoms with Gasteiger partial charge in [0.1, 0.15) is 10.8 Å². The Morgan fingerprint density at radius 3 is 2.71 bits per heavy atom. The fourth-order valence-corrected chi connectivity index (χ4v) is 6.17. The zero-order valence-electron chi connectivity index (χ0n) is 16.5. The molecule has 2 heterocycles. The van der Waals surface area contributed by atoms with Crippen LogP contribution < -0.4 is 10.1 Å². The van der Waals surface area contributed by atoms with E-state index in [9.17, 15) is 13.2 Å². The summed E-state index contributed by atoms with van der Waals surface area (Å²) in [5, 5.41) is 12.0. The number of hydrogen-bond acceptors (Lipinski definition) is 7. The minimum Gasteiger partial charge on any atom is -0.497 e. The van der Waals surface area contributed by atoms with Crippen molar-refractivity contribution in [2.45, 2.75) is 23.8 Å². The van der Waals surface area contributed by atoms with E-state index < -0.39 is 22.0 Å². The van der Waals surface area contributed by atoms with E-state index in [1.54, 1.807) is 36.4 Å². The molecule has 1 amide bonds. The van der Waals surface area contributed by atoms with Gasteiger partial charge < -0.3 is 10.1 Å². The Bertz CT molecular complexity index is 1200. The van der Waals surface area contributed by atoms with Crippen LogP contribution in [0.15, 0.2) is 53.4 Å². The van der Waals surface area contributed by atoms with Crippen molar-refractivity contribution in [1.29, 1.82) is 0 Å². The Hall–Kier alpha value is -2.53. The molecule has 1 aromatic heterocycles. The average molecular weight is 479 g/mol. The molecule has 0 radical (unpaired) electrons. The summed E-state index contributed by atoms with van der Waals surface area (Å²) < 4.78 is 32.9. The molecule has 11 heteroatoms. The molecule has 0 aliphatic carbocycles. The number of amides is 1. The molecule has 31 heavy (non-hydrogen) atoms. The van der Waals surface area contributed by atoms with Crippen LogP contribution in [0.4, 0.5) is 5.69 Å². The van der Waals surface area contributed by atoms with Gasteiger partial charge in [-0.3, -0.25) is 4.79 Å². The van der Waals surface area contributed by atoms with Crippen LogP contribution in [0.5, 0.6) is 5.75 Å². The van der Waals surface area contributed by atoms with Crippen molar-refractivity contribution in [1.82, 2.24) is 14.5 Å². The smallest absolute Gasteiger partial charge is 0.286 e. The molecule has 1 aliphatic rings. The second-order valence-electron chi connectivity index (χ2n) is 6.86. The summed E-state index contributed by atoms with van der Waals surface area (Å²) in [4.78, 5) is 12.7. The number of halogens is 1. The molecule has 3 aromatic rings. The fourth-order valence-electron chi connectivity index (χ4n) is 3.37. The van der Waals surface area contributed by atoms with Crippen molar-refractivity contribution < 1.29 is 17.9 Å². The van der Waals surface area contributed by atoms with Gasteiger partial charge in [-0.05, 0) is 55.3 Å². The van der Waals surface area contributed by atoms with E-state index in [-0.39, 0.29) is 9.90 Å². The third-order valence-electron chi connectivity index (χ3n) is 4.87. The molecule has 2 aromatic carbocycles. The van der Waals surface area contributed by atoms with Gasteiger partial charge in [-0.2, -0.15) is 4.31 Å². The molecule has 8 nitrogen and oxygen atoms in total. The highest BCUT2D eigenvalue weighted by molar-refractivity contribution is 7.89.